The predicted octanol–water partition coefficient (Wildman–Crippen LogP) is 0.757. The van der Waals surface area contributed by atoms with Gasteiger partial charge in [0.1, 0.15) is 5.60 Å². The zero-order valence-corrected chi connectivity index (χ0v) is 12.3. The Bertz CT molecular complexity index is 427. The zero-order chi connectivity index (χ0) is 15.7. The van der Waals surface area contributed by atoms with Crippen LogP contribution >= 0.6 is 0 Å². The molecule has 20 heavy (non-hydrogen) atoms. The molecule has 1 amide bonds. The summed E-state index contributed by atoms with van der Waals surface area (Å²) < 4.78 is 5.19. The topological polar surface area (TPSA) is 110 Å². The van der Waals surface area contributed by atoms with Gasteiger partial charge in [-0.2, -0.15) is 0 Å². The number of ketones is 1. The summed E-state index contributed by atoms with van der Waals surface area (Å²) in [4.78, 5) is 37.0. The lowest BCUT2D eigenvalue weighted by Crippen LogP contribution is -2.62. The van der Waals surface area contributed by atoms with Crippen LogP contribution < -0.4 is 5.73 Å². The van der Waals surface area contributed by atoms with E-state index < -0.39 is 35.0 Å². The number of hydrogen-bond donors (Lipinski definition) is 2. The molecule has 1 heterocycles. The number of carbonyl (C=O) groups excluding carboxylic acids is 2. The molecule has 2 atom stereocenters. The first kappa shape index (κ1) is 16.4. The molecule has 7 heteroatoms. The highest BCUT2D eigenvalue weighted by Crippen LogP contribution is 2.33. The van der Waals surface area contributed by atoms with Gasteiger partial charge in [0, 0.05) is 6.54 Å². The molecule has 7 nitrogen and oxygen atoms in total. The number of nitrogens with two attached hydrogens (primary N) is 1. The van der Waals surface area contributed by atoms with Crippen LogP contribution in [0.5, 0.6) is 0 Å². The second-order valence-corrected chi connectivity index (χ2v) is 6.05. The minimum atomic E-state index is -1.91. The fourth-order valence-corrected chi connectivity index (χ4v) is 2.34. The van der Waals surface area contributed by atoms with Crippen molar-refractivity contribution in [2.75, 3.05) is 6.54 Å². The summed E-state index contributed by atoms with van der Waals surface area (Å²) in [5, 5.41) is 9.47. The van der Waals surface area contributed by atoms with Gasteiger partial charge in [-0.3, -0.25) is 9.69 Å². The standard InChI is InChI=1S/C13H22N2O5/c1-8(14)9(16)13(10(17)18)6-5-7-15(13)11(19)20-12(2,3)4/h8H,5-7,14H2,1-4H3,(H,17,18). The van der Waals surface area contributed by atoms with Gasteiger partial charge in [0.25, 0.3) is 0 Å². The Morgan fingerprint density at radius 3 is 2.30 bits per heavy atom. The molecule has 0 aromatic carbocycles. The number of likely N-dealkylation sites (tertiary alicyclic amines) is 1. The lowest BCUT2D eigenvalue weighted by molar-refractivity contribution is -0.155. The van der Waals surface area contributed by atoms with Crippen molar-refractivity contribution in [2.45, 2.75) is 57.7 Å². The molecular formula is C13H22N2O5. The van der Waals surface area contributed by atoms with Crippen LogP contribution in [0.4, 0.5) is 4.79 Å². The van der Waals surface area contributed by atoms with Crippen molar-refractivity contribution in [1.29, 1.82) is 0 Å². The zero-order valence-electron chi connectivity index (χ0n) is 12.3. The number of aliphatic carboxylic acids is 1. The van der Waals surface area contributed by atoms with Gasteiger partial charge in [-0.05, 0) is 40.5 Å². The summed E-state index contributed by atoms with van der Waals surface area (Å²) >= 11 is 0. The number of hydrogen-bond acceptors (Lipinski definition) is 5. The summed E-state index contributed by atoms with van der Waals surface area (Å²) in [7, 11) is 0. The molecule has 0 radical (unpaired) electrons. The molecule has 1 aliphatic rings. The second kappa shape index (κ2) is 5.40. The summed E-state index contributed by atoms with van der Waals surface area (Å²) in [6.07, 6.45) is -0.322. The Morgan fingerprint density at radius 2 is 1.90 bits per heavy atom. The van der Waals surface area contributed by atoms with Crippen LogP contribution in [0.1, 0.15) is 40.5 Å². The molecule has 0 saturated carbocycles. The third kappa shape index (κ3) is 2.92. The molecule has 1 fully saturated rings. The Morgan fingerprint density at radius 1 is 1.35 bits per heavy atom. The number of Topliss-reactive ketones (excluding diaryl/α,β-unsaturated/α-hetero) is 1. The van der Waals surface area contributed by atoms with Gasteiger partial charge < -0.3 is 15.6 Å². The van der Waals surface area contributed by atoms with E-state index in [1.54, 1.807) is 20.8 Å². The van der Waals surface area contributed by atoms with Crippen molar-refractivity contribution in [2.24, 2.45) is 5.73 Å². The first-order valence-corrected chi connectivity index (χ1v) is 6.56. The van der Waals surface area contributed by atoms with Gasteiger partial charge in [-0.25, -0.2) is 9.59 Å². The quantitative estimate of drug-likeness (QED) is 0.741. The molecule has 0 bridgehead atoms. The van der Waals surface area contributed by atoms with Gasteiger partial charge in [0.05, 0.1) is 6.04 Å². The molecule has 0 spiro atoms. The van der Waals surface area contributed by atoms with Crippen molar-refractivity contribution in [3.8, 4) is 0 Å². The molecule has 114 valence electrons. The maximum Gasteiger partial charge on any atom is 0.411 e. The smallest absolute Gasteiger partial charge is 0.411 e. The van der Waals surface area contributed by atoms with Crippen LogP contribution in [-0.4, -0.2) is 51.6 Å². The van der Waals surface area contributed by atoms with Crippen molar-refractivity contribution >= 4 is 17.8 Å². The van der Waals surface area contributed by atoms with E-state index in [0.29, 0.717) is 6.42 Å². The van der Waals surface area contributed by atoms with Gasteiger partial charge in [0.15, 0.2) is 5.78 Å². The minimum absolute atomic E-state index is 0.0575. The minimum Gasteiger partial charge on any atom is -0.479 e. The number of ether oxygens (including phenoxy) is 1. The maximum atomic E-state index is 12.2. The lowest BCUT2D eigenvalue weighted by Gasteiger charge is -2.35. The molecule has 1 rings (SSSR count). The Labute approximate surface area is 118 Å². The Kier molecular flexibility index (Phi) is 4.43. The number of carbonyl (C=O) groups is 3. The monoisotopic (exact) mass is 286 g/mol. The fourth-order valence-electron chi connectivity index (χ4n) is 2.34. The van der Waals surface area contributed by atoms with Crippen molar-refractivity contribution in [3.05, 3.63) is 0 Å². The normalized spacial score (nSPS) is 24.4. The number of carboxylic acids is 1. The number of rotatable bonds is 3. The SMILES string of the molecule is CC(N)C(=O)C1(C(=O)O)CCCN1C(=O)OC(C)(C)C. The third-order valence-electron chi connectivity index (χ3n) is 3.17. The van der Waals surface area contributed by atoms with E-state index in [1.807, 2.05) is 0 Å². The lowest BCUT2D eigenvalue weighted by atomic mass is 9.87. The van der Waals surface area contributed by atoms with Crippen molar-refractivity contribution < 1.29 is 24.2 Å². The van der Waals surface area contributed by atoms with Crippen LogP contribution in [0.2, 0.25) is 0 Å². The van der Waals surface area contributed by atoms with Crippen molar-refractivity contribution in [1.82, 2.24) is 4.90 Å². The van der Waals surface area contributed by atoms with E-state index in [0.717, 1.165) is 4.90 Å². The third-order valence-corrected chi connectivity index (χ3v) is 3.17. The molecule has 0 aromatic rings. The fraction of sp³-hybridized carbons (Fsp3) is 0.769. The van der Waals surface area contributed by atoms with Crippen LogP contribution in [0.25, 0.3) is 0 Å². The Hall–Kier alpha value is -1.63. The predicted molar refractivity (Wildman–Crippen MR) is 71.2 cm³/mol. The highest BCUT2D eigenvalue weighted by atomic mass is 16.6. The van der Waals surface area contributed by atoms with E-state index in [9.17, 15) is 19.5 Å². The Balaban J connectivity index is 3.14. The summed E-state index contributed by atoms with van der Waals surface area (Å²) in [6.45, 7) is 6.61. The molecule has 1 saturated heterocycles. The highest BCUT2D eigenvalue weighted by molar-refractivity contribution is 6.12. The van der Waals surface area contributed by atoms with Gasteiger partial charge in [-0.1, -0.05) is 0 Å². The van der Waals surface area contributed by atoms with Crippen LogP contribution in [-0.2, 0) is 14.3 Å². The molecular weight excluding hydrogens is 264 g/mol. The summed E-state index contributed by atoms with van der Waals surface area (Å²) in [5.74, 6) is -2.03. The average Bonchev–Trinajstić information content (AvgIpc) is 2.70. The van der Waals surface area contributed by atoms with E-state index in [4.69, 9.17) is 10.5 Å². The van der Waals surface area contributed by atoms with Gasteiger partial charge in [0.2, 0.25) is 5.54 Å². The number of nitrogens with zero attached hydrogens (tertiary/aromatic N) is 1. The average molecular weight is 286 g/mol. The van der Waals surface area contributed by atoms with Crippen LogP contribution in [0.15, 0.2) is 0 Å². The van der Waals surface area contributed by atoms with E-state index in [-0.39, 0.29) is 13.0 Å². The summed E-state index contributed by atoms with van der Waals surface area (Å²) in [5.41, 5.74) is 2.87. The second-order valence-electron chi connectivity index (χ2n) is 6.05. The van der Waals surface area contributed by atoms with Gasteiger partial charge in [-0.15, -0.1) is 0 Å². The molecule has 2 unspecified atom stereocenters. The molecule has 1 aliphatic heterocycles. The maximum absolute atomic E-state index is 12.2. The molecule has 3 N–H and O–H groups in total. The van der Waals surface area contributed by atoms with Crippen LogP contribution in [0.3, 0.4) is 0 Å². The number of carboxylic acid groups (broad SMARTS) is 1. The molecule has 0 aromatic heterocycles. The first-order valence-electron chi connectivity index (χ1n) is 6.56. The largest absolute Gasteiger partial charge is 0.479 e. The van der Waals surface area contributed by atoms with Crippen LogP contribution in [0, 0.1) is 0 Å². The van der Waals surface area contributed by atoms with E-state index in [1.165, 1.54) is 6.92 Å². The van der Waals surface area contributed by atoms with E-state index >= 15 is 0 Å². The summed E-state index contributed by atoms with van der Waals surface area (Å²) in [6, 6.07) is -0.964. The first-order chi connectivity index (χ1) is 9.02. The van der Waals surface area contributed by atoms with Gasteiger partial charge >= 0.3 is 12.1 Å². The highest BCUT2D eigenvalue weighted by Gasteiger charge is 2.57. The van der Waals surface area contributed by atoms with E-state index in [2.05, 4.69) is 0 Å². The molecule has 0 aliphatic carbocycles. The number of amides is 1. The van der Waals surface area contributed by atoms with Crippen molar-refractivity contribution in [3.63, 3.8) is 0 Å².